The maximum absolute atomic E-state index is 13.0. The second kappa shape index (κ2) is 11.7. The summed E-state index contributed by atoms with van der Waals surface area (Å²) in [5.74, 6) is 0.265. The molecule has 0 bridgehead atoms. The lowest BCUT2D eigenvalue weighted by atomic mass is 9.98. The quantitative estimate of drug-likeness (QED) is 0.243. The SMILES string of the molecule is C=Cc1c(-c2ccccc2)cn(Sc2ccc(C(=O)N3CC(CNCc4ccc(F)cc4)C3)cc2)c1C=C. The number of rotatable bonds is 10. The van der Waals surface area contributed by atoms with Crippen molar-refractivity contribution in [2.45, 2.75) is 11.4 Å². The van der Waals surface area contributed by atoms with Crippen LogP contribution >= 0.6 is 11.9 Å². The van der Waals surface area contributed by atoms with Gasteiger partial charge in [0.05, 0.1) is 5.69 Å². The standard InChI is InChI=1S/C32H30FN3OS/c1-3-29-30(25-8-6-5-7-9-25)22-36(31(29)4-2)38-28-16-12-26(13-17-28)32(37)35-20-24(21-35)19-34-18-23-10-14-27(33)15-11-23/h3-17,22,24,34H,1-2,18-21H2. The molecule has 1 aromatic heterocycles. The van der Waals surface area contributed by atoms with Crippen LogP contribution < -0.4 is 5.32 Å². The highest BCUT2D eigenvalue weighted by molar-refractivity contribution is 7.97. The van der Waals surface area contributed by atoms with Crippen molar-refractivity contribution in [2.75, 3.05) is 19.6 Å². The molecule has 0 radical (unpaired) electrons. The monoisotopic (exact) mass is 523 g/mol. The largest absolute Gasteiger partial charge is 0.338 e. The molecule has 1 aliphatic rings. The number of halogens is 1. The van der Waals surface area contributed by atoms with E-state index in [9.17, 15) is 9.18 Å². The molecule has 0 aliphatic carbocycles. The number of hydrogen-bond acceptors (Lipinski definition) is 3. The van der Waals surface area contributed by atoms with Gasteiger partial charge in [-0.15, -0.1) is 0 Å². The number of benzene rings is 3. The third-order valence-corrected chi connectivity index (χ3v) is 7.74. The van der Waals surface area contributed by atoms with Crippen molar-refractivity contribution in [1.82, 2.24) is 14.2 Å². The molecule has 0 atom stereocenters. The molecular weight excluding hydrogens is 493 g/mol. The summed E-state index contributed by atoms with van der Waals surface area (Å²) in [6.45, 7) is 11.0. The van der Waals surface area contributed by atoms with Crippen LogP contribution in [0.2, 0.25) is 0 Å². The Morgan fingerprint density at radius 3 is 2.34 bits per heavy atom. The Hall–Kier alpha value is -3.87. The zero-order valence-electron chi connectivity index (χ0n) is 21.1. The van der Waals surface area contributed by atoms with Crippen LogP contribution in [0.4, 0.5) is 4.39 Å². The van der Waals surface area contributed by atoms with E-state index in [4.69, 9.17) is 0 Å². The summed E-state index contributed by atoms with van der Waals surface area (Å²) in [6, 6.07) is 24.5. The van der Waals surface area contributed by atoms with Crippen molar-refractivity contribution < 1.29 is 9.18 Å². The van der Waals surface area contributed by atoms with Gasteiger partial charge in [-0.3, -0.25) is 8.77 Å². The summed E-state index contributed by atoms with van der Waals surface area (Å²) < 4.78 is 15.1. The third kappa shape index (κ3) is 5.67. The highest BCUT2D eigenvalue weighted by atomic mass is 32.2. The number of carbonyl (C=O) groups is 1. The van der Waals surface area contributed by atoms with Crippen molar-refractivity contribution in [3.05, 3.63) is 126 Å². The summed E-state index contributed by atoms with van der Waals surface area (Å²) in [5.41, 5.74) is 6.02. The van der Waals surface area contributed by atoms with Gasteiger partial charge in [0.25, 0.3) is 5.91 Å². The zero-order chi connectivity index (χ0) is 26.5. The van der Waals surface area contributed by atoms with Crippen LogP contribution in [-0.4, -0.2) is 34.4 Å². The first-order valence-corrected chi connectivity index (χ1v) is 13.4. The molecule has 0 unspecified atom stereocenters. The minimum atomic E-state index is -0.223. The Morgan fingerprint density at radius 2 is 1.68 bits per heavy atom. The van der Waals surface area contributed by atoms with Gasteiger partial charge in [0.15, 0.2) is 0 Å². The lowest BCUT2D eigenvalue weighted by Crippen LogP contribution is -2.53. The van der Waals surface area contributed by atoms with Crippen LogP contribution in [0.25, 0.3) is 23.3 Å². The van der Waals surface area contributed by atoms with E-state index in [2.05, 4.69) is 40.8 Å². The molecule has 2 heterocycles. The Balaban J connectivity index is 1.17. The van der Waals surface area contributed by atoms with Crippen LogP contribution in [0.1, 0.15) is 27.2 Å². The van der Waals surface area contributed by atoms with Gasteiger partial charge < -0.3 is 10.2 Å². The first kappa shape index (κ1) is 25.8. The summed E-state index contributed by atoms with van der Waals surface area (Å²) >= 11 is 1.58. The topological polar surface area (TPSA) is 37.3 Å². The lowest BCUT2D eigenvalue weighted by molar-refractivity contribution is 0.0500. The lowest BCUT2D eigenvalue weighted by Gasteiger charge is -2.39. The fraction of sp³-hybridized carbons (Fsp3) is 0.156. The number of nitrogens with one attached hydrogen (secondary N) is 1. The molecule has 3 aromatic carbocycles. The van der Waals surface area contributed by atoms with Gasteiger partial charge in [-0.2, -0.15) is 0 Å². The number of carbonyl (C=O) groups excluding carboxylic acids is 1. The van der Waals surface area contributed by atoms with Crippen molar-refractivity contribution in [3.8, 4) is 11.1 Å². The van der Waals surface area contributed by atoms with Crippen LogP contribution in [0.5, 0.6) is 0 Å². The third-order valence-electron chi connectivity index (χ3n) is 6.76. The number of amides is 1. The second-order valence-corrected chi connectivity index (χ2v) is 10.4. The van der Waals surface area contributed by atoms with Gasteiger partial charge in [-0.1, -0.05) is 61.7 Å². The molecular formula is C32H30FN3OS. The van der Waals surface area contributed by atoms with E-state index >= 15 is 0 Å². The Bertz CT molecular complexity index is 1420. The van der Waals surface area contributed by atoms with Crippen molar-refractivity contribution in [3.63, 3.8) is 0 Å². The van der Waals surface area contributed by atoms with E-state index in [0.717, 1.165) is 52.5 Å². The Morgan fingerprint density at radius 1 is 0.974 bits per heavy atom. The molecule has 0 saturated carbocycles. The van der Waals surface area contributed by atoms with E-state index < -0.39 is 0 Å². The first-order chi connectivity index (χ1) is 18.6. The van der Waals surface area contributed by atoms with Gasteiger partial charge in [-0.05, 0) is 65.5 Å². The molecule has 6 heteroatoms. The maximum atomic E-state index is 13.0. The fourth-order valence-corrected chi connectivity index (χ4v) is 5.61. The molecule has 1 N–H and O–H groups in total. The Kier molecular flexibility index (Phi) is 7.91. The number of aromatic nitrogens is 1. The van der Waals surface area contributed by atoms with E-state index in [1.807, 2.05) is 59.5 Å². The predicted molar refractivity (Wildman–Crippen MR) is 155 cm³/mol. The molecule has 5 rings (SSSR count). The molecule has 38 heavy (non-hydrogen) atoms. The normalized spacial score (nSPS) is 13.2. The number of hydrogen-bond donors (Lipinski definition) is 1. The average Bonchev–Trinajstić information content (AvgIpc) is 3.28. The summed E-state index contributed by atoms with van der Waals surface area (Å²) in [5, 5.41) is 3.40. The molecule has 1 aliphatic heterocycles. The van der Waals surface area contributed by atoms with Crippen molar-refractivity contribution in [2.24, 2.45) is 5.92 Å². The minimum Gasteiger partial charge on any atom is -0.338 e. The van der Waals surface area contributed by atoms with Crippen molar-refractivity contribution >= 4 is 30.0 Å². The smallest absolute Gasteiger partial charge is 0.253 e. The molecule has 4 nitrogen and oxygen atoms in total. The van der Waals surface area contributed by atoms with E-state index in [-0.39, 0.29) is 11.7 Å². The van der Waals surface area contributed by atoms with E-state index in [1.165, 1.54) is 12.1 Å². The van der Waals surface area contributed by atoms with Gasteiger partial charge in [0.1, 0.15) is 5.82 Å². The molecule has 0 spiro atoms. The van der Waals surface area contributed by atoms with Gasteiger partial charge in [0, 0.05) is 59.9 Å². The highest BCUT2D eigenvalue weighted by Gasteiger charge is 2.30. The summed E-state index contributed by atoms with van der Waals surface area (Å²) in [4.78, 5) is 15.9. The van der Waals surface area contributed by atoms with Gasteiger partial charge >= 0.3 is 0 Å². The second-order valence-electron chi connectivity index (χ2n) is 9.39. The summed E-state index contributed by atoms with van der Waals surface area (Å²) in [6.07, 6.45) is 5.83. The molecule has 1 saturated heterocycles. The average molecular weight is 524 g/mol. The summed E-state index contributed by atoms with van der Waals surface area (Å²) in [7, 11) is 0. The molecule has 1 amide bonds. The van der Waals surface area contributed by atoms with Crippen LogP contribution in [0, 0.1) is 11.7 Å². The van der Waals surface area contributed by atoms with Gasteiger partial charge in [0.2, 0.25) is 0 Å². The first-order valence-electron chi connectivity index (χ1n) is 12.6. The van der Waals surface area contributed by atoms with Crippen LogP contribution in [0.3, 0.4) is 0 Å². The molecule has 1 fully saturated rings. The van der Waals surface area contributed by atoms with Gasteiger partial charge in [-0.25, -0.2) is 4.39 Å². The van der Waals surface area contributed by atoms with E-state index in [0.29, 0.717) is 18.0 Å². The fourth-order valence-electron chi connectivity index (χ4n) is 4.69. The van der Waals surface area contributed by atoms with Crippen LogP contribution in [-0.2, 0) is 6.54 Å². The van der Waals surface area contributed by atoms with E-state index in [1.54, 1.807) is 24.1 Å². The Labute approximate surface area is 227 Å². The molecule has 4 aromatic rings. The maximum Gasteiger partial charge on any atom is 0.253 e. The zero-order valence-corrected chi connectivity index (χ0v) is 22.0. The number of nitrogens with zero attached hydrogens (tertiary/aromatic N) is 2. The number of likely N-dealkylation sites (tertiary alicyclic amines) is 1. The minimum absolute atomic E-state index is 0.0596. The molecule has 192 valence electrons. The van der Waals surface area contributed by atoms with Crippen LogP contribution in [0.15, 0.2) is 103 Å². The van der Waals surface area contributed by atoms with Crippen molar-refractivity contribution in [1.29, 1.82) is 0 Å². The highest BCUT2D eigenvalue weighted by Crippen LogP contribution is 2.34. The predicted octanol–water partition coefficient (Wildman–Crippen LogP) is 7.00.